The third-order valence-electron chi connectivity index (χ3n) is 4.11. The van der Waals surface area contributed by atoms with Crippen molar-refractivity contribution in [3.05, 3.63) is 0 Å². The minimum atomic E-state index is -0.421. The molecule has 2 rings (SSSR count). The third kappa shape index (κ3) is 3.16. The summed E-state index contributed by atoms with van der Waals surface area (Å²) < 4.78 is 5.41. The van der Waals surface area contributed by atoms with Crippen LogP contribution in [0.15, 0.2) is 0 Å². The number of likely N-dealkylation sites (tertiary alicyclic amines) is 1. The average Bonchev–Trinajstić information content (AvgIpc) is 2.65. The van der Waals surface area contributed by atoms with E-state index in [0.29, 0.717) is 0 Å². The summed E-state index contributed by atoms with van der Waals surface area (Å²) in [4.78, 5) is 13.8. The van der Waals surface area contributed by atoms with Gasteiger partial charge in [-0.05, 0) is 58.3 Å². The Bertz CT molecular complexity index is 313. The average molecular weight is 255 g/mol. The van der Waals surface area contributed by atoms with E-state index >= 15 is 0 Å². The second kappa shape index (κ2) is 4.72. The summed E-state index contributed by atoms with van der Waals surface area (Å²) in [6.45, 7) is 7.29. The van der Waals surface area contributed by atoms with Crippen LogP contribution in [0, 0.1) is 5.41 Å². The van der Waals surface area contributed by atoms with Crippen molar-refractivity contribution in [2.45, 2.75) is 64.6 Å². The van der Waals surface area contributed by atoms with Crippen LogP contribution < -0.4 is 0 Å². The monoisotopic (exact) mass is 255 g/mol. The molecule has 1 amide bonds. The lowest BCUT2D eigenvalue weighted by Gasteiger charge is -2.35. The van der Waals surface area contributed by atoms with Crippen LogP contribution in [0.25, 0.3) is 0 Å². The SMILES string of the molecule is CC(C)(C)OC(=O)N1CCC2(CCC(O)CC2)C1. The van der Waals surface area contributed by atoms with Crippen LogP contribution in [0.1, 0.15) is 52.9 Å². The lowest BCUT2D eigenvalue weighted by Crippen LogP contribution is -2.38. The Kier molecular flexibility index (Phi) is 3.58. The molecule has 1 spiro atoms. The van der Waals surface area contributed by atoms with Crippen molar-refractivity contribution in [1.29, 1.82) is 0 Å². The first-order chi connectivity index (χ1) is 8.30. The Labute approximate surface area is 109 Å². The standard InChI is InChI=1S/C14H25NO3/c1-13(2,3)18-12(17)15-9-8-14(10-15)6-4-11(16)5-7-14/h11,16H,4-10H2,1-3H3. The molecule has 0 atom stereocenters. The largest absolute Gasteiger partial charge is 0.444 e. The van der Waals surface area contributed by atoms with Gasteiger partial charge in [0.15, 0.2) is 0 Å². The summed E-state index contributed by atoms with van der Waals surface area (Å²) in [7, 11) is 0. The van der Waals surface area contributed by atoms with Gasteiger partial charge in [-0.25, -0.2) is 4.79 Å². The Balaban J connectivity index is 1.90. The fourth-order valence-electron chi connectivity index (χ4n) is 3.04. The summed E-state index contributed by atoms with van der Waals surface area (Å²) in [6.07, 6.45) is 4.56. The lowest BCUT2D eigenvalue weighted by molar-refractivity contribution is 0.0232. The molecule has 0 aromatic rings. The van der Waals surface area contributed by atoms with Crippen molar-refractivity contribution < 1.29 is 14.6 Å². The Hall–Kier alpha value is -0.770. The quantitative estimate of drug-likeness (QED) is 0.723. The maximum atomic E-state index is 12.0. The highest BCUT2D eigenvalue weighted by Crippen LogP contribution is 2.43. The first-order valence-corrected chi connectivity index (χ1v) is 6.96. The predicted octanol–water partition coefficient (Wildman–Crippen LogP) is 2.55. The number of aliphatic hydroxyl groups is 1. The fourth-order valence-corrected chi connectivity index (χ4v) is 3.04. The first kappa shape index (κ1) is 13.7. The van der Waals surface area contributed by atoms with Crippen molar-refractivity contribution in [3.63, 3.8) is 0 Å². The van der Waals surface area contributed by atoms with Gasteiger partial charge in [-0.1, -0.05) is 0 Å². The van der Waals surface area contributed by atoms with Gasteiger partial charge in [0.25, 0.3) is 0 Å². The van der Waals surface area contributed by atoms with Gasteiger partial charge < -0.3 is 14.7 Å². The molecule has 1 saturated carbocycles. The van der Waals surface area contributed by atoms with Gasteiger partial charge in [0.1, 0.15) is 5.60 Å². The van der Waals surface area contributed by atoms with E-state index < -0.39 is 5.60 Å². The predicted molar refractivity (Wildman–Crippen MR) is 69.3 cm³/mol. The van der Waals surface area contributed by atoms with Gasteiger partial charge in [0, 0.05) is 13.1 Å². The lowest BCUT2D eigenvalue weighted by atomic mass is 9.73. The minimum Gasteiger partial charge on any atom is -0.444 e. The molecule has 0 aromatic heterocycles. The second-order valence-corrected chi connectivity index (χ2v) is 6.88. The number of hydrogen-bond donors (Lipinski definition) is 1. The number of nitrogens with zero attached hydrogens (tertiary/aromatic N) is 1. The molecule has 18 heavy (non-hydrogen) atoms. The van der Waals surface area contributed by atoms with E-state index in [0.717, 1.165) is 45.2 Å². The number of amides is 1. The van der Waals surface area contributed by atoms with E-state index in [2.05, 4.69) is 0 Å². The van der Waals surface area contributed by atoms with Crippen molar-refractivity contribution in [2.24, 2.45) is 5.41 Å². The van der Waals surface area contributed by atoms with Gasteiger partial charge in [0.05, 0.1) is 6.10 Å². The van der Waals surface area contributed by atoms with Crippen LogP contribution in [0.5, 0.6) is 0 Å². The van der Waals surface area contributed by atoms with Crippen LogP contribution in [0.3, 0.4) is 0 Å². The summed E-state index contributed by atoms with van der Waals surface area (Å²) in [5.41, 5.74) is -0.175. The summed E-state index contributed by atoms with van der Waals surface area (Å²) >= 11 is 0. The van der Waals surface area contributed by atoms with Gasteiger partial charge >= 0.3 is 6.09 Å². The first-order valence-electron chi connectivity index (χ1n) is 6.96. The second-order valence-electron chi connectivity index (χ2n) is 6.88. The molecule has 1 saturated heterocycles. The Morgan fingerprint density at radius 3 is 2.44 bits per heavy atom. The Morgan fingerprint density at radius 1 is 1.28 bits per heavy atom. The van der Waals surface area contributed by atoms with Gasteiger partial charge in [-0.15, -0.1) is 0 Å². The molecule has 2 aliphatic rings. The van der Waals surface area contributed by atoms with E-state index in [-0.39, 0.29) is 17.6 Å². The molecule has 104 valence electrons. The molecule has 1 aliphatic carbocycles. The van der Waals surface area contributed by atoms with Gasteiger partial charge in [0.2, 0.25) is 0 Å². The zero-order valence-electron chi connectivity index (χ0n) is 11.7. The van der Waals surface area contributed by atoms with E-state index in [1.165, 1.54) is 0 Å². The molecule has 4 heteroatoms. The van der Waals surface area contributed by atoms with Crippen molar-refractivity contribution in [3.8, 4) is 0 Å². The highest BCUT2D eigenvalue weighted by molar-refractivity contribution is 5.68. The third-order valence-corrected chi connectivity index (χ3v) is 4.11. The smallest absolute Gasteiger partial charge is 0.410 e. The molecular weight excluding hydrogens is 230 g/mol. The van der Waals surface area contributed by atoms with Crippen LogP contribution in [0.2, 0.25) is 0 Å². The fraction of sp³-hybridized carbons (Fsp3) is 0.929. The molecular formula is C14H25NO3. The number of carbonyl (C=O) groups is 1. The van der Waals surface area contributed by atoms with Gasteiger partial charge in [-0.2, -0.15) is 0 Å². The topological polar surface area (TPSA) is 49.8 Å². The molecule has 0 aromatic carbocycles. The summed E-state index contributed by atoms with van der Waals surface area (Å²) in [5, 5.41) is 9.58. The van der Waals surface area contributed by atoms with E-state index in [4.69, 9.17) is 4.74 Å². The zero-order valence-corrected chi connectivity index (χ0v) is 11.7. The maximum absolute atomic E-state index is 12.0. The van der Waals surface area contributed by atoms with Crippen molar-refractivity contribution in [2.75, 3.05) is 13.1 Å². The number of carbonyl (C=O) groups excluding carboxylic acids is 1. The number of rotatable bonds is 0. The van der Waals surface area contributed by atoms with Crippen LogP contribution in [0.4, 0.5) is 4.79 Å². The molecule has 1 N–H and O–H groups in total. The minimum absolute atomic E-state index is 0.133. The maximum Gasteiger partial charge on any atom is 0.410 e. The molecule has 2 fully saturated rings. The highest BCUT2D eigenvalue weighted by atomic mass is 16.6. The molecule has 0 bridgehead atoms. The molecule has 0 unspecified atom stereocenters. The van der Waals surface area contributed by atoms with E-state index in [1.54, 1.807) is 0 Å². The molecule has 1 aliphatic heterocycles. The molecule has 1 heterocycles. The highest BCUT2D eigenvalue weighted by Gasteiger charge is 2.43. The normalized spacial score (nSPS) is 32.9. The number of aliphatic hydroxyl groups excluding tert-OH is 1. The van der Waals surface area contributed by atoms with Crippen molar-refractivity contribution >= 4 is 6.09 Å². The number of ether oxygens (including phenoxy) is 1. The van der Waals surface area contributed by atoms with Crippen molar-refractivity contribution in [1.82, 2.24) is 4.90 Å². The Morgan fingerprint density at radius 2 is 1.89 bits per heavy atom. The van der Waals surface area contributed by atoms with Crippen LogP contribution in [-0.2, 0) is 4.74 Å². The van der Waals surface area contributed by atoms with Crippen LogP contribution in [-0.4, -0.2) is 40.9 Å². The van der Waals surface area contributed by atoms with Crippen LogP contribution >= 0.6 is 0 Å². The van der Waals surface area contributed by atoms with E-state index in [1.807, 2.05) is 25.7 Å². The van der Waals surface area contributed by atoms with E-state index in [9.17, 15) is 9.90 Å². The van der Waals surface area contributed by atoms with Gasteiger partial charge in [-0.3, -0.25) is 0 Å². The number of hydrogen-bond acceptors (Lipinski definition) is 3. The molecule has 4 nitrogen and oxygen atoms in total. The zero-order chi connectivity index (χ0) is 13.4. The summed E-state index contributed by atoms with van der Waals surface area (Å²) in [6, 6.07) is 0. The molecule has 0 radical (unpaired) electrons. The summed E-state index contributed by atoms with van der Waals surface area (Å²) in [5.74, 6) is 0.